The lowest BCUT2D eigenvalue weighted by molar-refractivity contribution is 1.17. The quantitative estimate of drug-likeness (QED) is 0.180. The molecule has 6 heteroatoms. The van der Waals surface area contributed by atoms with Crippen LogP contribution in [0.1, 0.15) is 5.56 Å². The highest BCUT2D eigenvalue weighted by atomic mass is 32.1. The van der Waals surface area contributed by atoms with Crippen LogP contribution in [0.15, 0.2) is 176 Å². The van der Waals surface area contributed by atoms with Crippen LogP contribution in [-0.2, 0) is 0 Å². The van der Waals surface area contributed by atoms with E-state index in [1.165, 1.54) is 47.2 Å². The first kappa shape index (κ1) is 31.7. The second-order valence-corrected chi connectivity index (χ2v) is 15.5. The lowest BCUT2D eigenvalue weighted by Crippen LogP contribution is -2.00. The number of thiophene rings is 1. The zero-order chi connectivity index (χ0) is 37.6. The minimum absolute atomic E-state index is 0.512. The third-order valence-corrected chi connectivity index (χ3v) is 12.5. The van der Waals surface area contributed by atoms with Crippen molar-refractivity contribution in [2.75, 3.05) is 0 Å². The van der Waals surface area contributed by atoms with Gasteiger partial charge in [-0.2, -0.15) is 5.26 Å². The van der Waals surface area contributed by atoms with Gasteiger partial charge in [0.05, 0.1) is 49.6 Å². The van der Waals surface area contributed by atoms with Crippen molar-refractivity contribution in [2.24, 2.45) is 0 Å². The van der Waals surface area contributed by atoms with Crippen molar-refractivity contribution >= 4 is 86.0 Å². The van der Waals surface area contributed by atoms with E-state index < -0.39 is 0 Å². The van der Waals surface area contributed by atoms with E-state index >= 15 is 0 Å². The molecule has 4 heterocycles. The molecule has 0 radical (unpaired) electrons. The molecule has 264 valence electrons. The second kappa shape index (κ2) is 12.2. The zero-order valence-electron chi connectivity index (χ0n) is 30.4. The normalized spacial score (nSPS) is 11.8. The molecule has 12 rings (SSSR count). The third-order valence-electron chi connectivity index (χ3n) is 11.3. The van der Waals surface area contributed by atoms with E-state index in [0.29, 0.717) is 17.0 Å². The number of benzene rings is 8. The molecule has 0 aliphatic rings. The van der Waals surface area contributed by atoms with Gasteiger partial charge in [-0.25, -0.2) is 9.97 Å². The molecule has 0 unspecified atom stereocenters. The number of nitriles is 1. The molecule has 57 heavy (non-hydrogen) atoms. The monoisotopic (exact) mass is 743 g/mol. The summed E-state index contributed by atoms with van der Waals surface area (Å²) in [7, 11) is 0. The summed E-state index contributed by atoms with van der Waals surface area (Å²) in [6.45, 7) is 0. The minimum Gasteiger partial charge on any atom is -0.308 e. The van der Waals surface area contributed by atoms with Gasteiger partial charge in [0.1, 0.15) is 0 Å². The average Bonchev–Trinajstić information content (AvgIpc) is 3.94. The van der Waals surface area contributed by atoms with E-state index in [1.54, 1.807) is 0 Å². The van der Waals surface area contributed by atoms with Crippen molar-refractivity contribution in [2.45, 2.75) is 0 Å². The molecular formula is C51H29N5S. The molecular weight excluding hydrogens is 715 g/mol. The van der Waals surface area contributed by atoms with Crippen LogP contribution in [0.4, 0.5) is 0 Å². The van der Waals surface area contributed by atoms with Crippen molar-refractivity contribution in [3.05, 3.63) is 181 Å². The Kier molecular flexibility index (Phi) is 6.80. The molecule has 0 fully saturated rings. The van der Waals surface area contributed by atoms with Crippen LogP contribution in [-0.4, -0.2) is 19.1 Å². The van der Waals surface area contributed by atoms with Gasteiger partial charge in [-0.05, 0) is 54.6 Å². The second-order valence-electron chi connectivity index (χ2n) is 14.4. The Balaban J connectivity index is 1.22. The summed E-state index contributed by atoms with van der Waals surface area (Å²) >= 11 is 1.86. The van der Waals surface area contributed by atoms with Gasteiger partial charge in [-0.1, -0.05) is 121 Å². The predicted octanol–water partition coefficient (Wildman–Crippen LogP) is 13.4. The molecule has 0 aliphatic carbocycles. The smallest absolute Gasteiger partial charge is 0.161 e. The lowest BCUT2D eigenvalue weighted by Gasteiger charge is -2.14. The Hall–Kier alpha value is -7.59. The molecule has 0 aliphatic heterocycles. The molecule has 0 spiro atoms. The molecule has 0 amide bonds. The molecule has 12 aromatic rings. The van der Waals surface area contributed by atoms with E-state index in [2.05, 4.69) is 143 Å². The number of hydrogen-bond acceptors (Lipinski definition) is 4. The first-order chi connectivity index (χ1) is 28.3. The summed E-state index contributed by atoms with van der Waals surface area (Å²) in [4.78, 5) is 10.2. The van der Waals surface area contributed by atoms with Crippen LogP contribution in [0.3, 0.4) is 0 Å². The first-order valence-corrected chi connectivity index (χ1v) is 19.8. The summed E-state index contributed by atoms with van der Waals surface area (Å²) in [6, 6.07) is 63.9. The van der Waals surface area contributed by atoms with Crippen molar-refractivity contribution in [1.82, 2.24) is 19.1 Å². The number of rotatable bonds is 4. The van der Waals surface area contributed by atoms with E-state index in [4.69, 9.17) is 9.97 Å². The maximum Gasteiger partial charge on any atom is 0.161 e. The lowest BCUT2D eigenvalue weighted by atomic mass is 10.0. The van der Waals surface area contributed by atoms with E-state index in [9.17, 15) is 5.26 Å². The Morgan fingerprint density at radius 2 is 1.11 bits per heavy atom. The Labute approximate surface area is 330 Å². The fourth-order valence-electron chi connectivity index (χ4n) is 8.97. The molecule has 4 aromatic heterocycles. The van der Waals surface area contributed by atoms with Gasteiger partial charge in [0, 0.05) is 64.9 Å². The van der Waals surface area contributed by atoms with Crippen molar-refractivity contribution < 1.29 is 0 Å². The predicted molar refractivity (Wildman–Crippen MR) is 237 cm³/mol. The van der Waals surface area contributed by atoms with Gasteiger partial charge in [0.2, 0.25) is 0 Å². The number of fused-ring (bicyclic) bond motifs is 13. The molecule has 0 atom stereocenters. The standard InChI is InChI=1S/C51H29N5S/c52-30-32-29-34(27-28-35(32)51-53-40-23-11-7-19-36(40)47(54-51)31-15-3-1-4-16-31)56-41-24-12-8-20-37(41)44-45-39-22-10-14-26-43(39)57-50(45)49-46(48(44)56)38-21-9-13-25-42(38)55(49)33-17-5-2-6-18-33/h1-29H. The highest BCUT2D eigenvalue weighted by Gasteiger charge is 2.27. The molecule has 0 N–H and O–H groups in total. The summed E-state index contributed by atoms with van der Waals surface area (Å²) in [6.07, 6.45) is 0. The highest BCUT2D eigenvalue weighted by molar-refractivity contribution is 7.27. The van der Waals surface area contributed by atoms with Crippen molar-refractivity contribution in [3.8, 4) is 40.1 Å². The van der Waals surface area contributed by atoms with E-state index in [1.807, 2.05) is 59.9 Å². The van der Waals surface area contributed by atoms with Gasteiger partial charge >= 0.3 is 0 Å². The van der Waals surface area contributed by atoms with E-state index in [-0.39, 0.29) is 0 Å². The van der Waals surface area contributed by atoms with Crippen LogP contribution < -0.4 is 0 Å². The molecule has 0 bridgehead atoms. The number of nitrogens with zero attached hydrogens (tertiary/aromatic N) is 5. The zero-order valence-corrected chi connectivity index (χ0v) is 31.2. The summed E-state index contributed by atoms with van der Waals surface area (Å²) in [5.74, 6) is 0.526. The summed E-state index contributed by atoms with van der Waals surface area (Å²) in [5.41, 5.74) is 10.5. The third kappa shape index (κ3) is 4.55. The van der Waals surface area contributed by atoms with Crippen LogP contribution >= 0.6 is 11.3 Å². The molecule has 0 saturated carbocycles. The maximum atomic E-state index is 10.9. The Bertz CT molecular complexity index is 3640. The first-order valence-electron chi connectivity index (χ1n) is 19.0. The van der Waals surface area contributed by atoms with Crippen LogP contribution in [0.5, 0.6) is 0 Å². The summed E-state index contributed by atoms with van der Waals surface area (Å²) < 4.78 is 7.33. The topological polar surface area (TPSA) is 59.4 Å². The van der Waals surface area contributed by atoms with Gasteiger partial charge in [-0.3, -0.25) is 0 Å². The summed E-state index contributed by atoms with van der Waals surface area (Å²) in [5, 5.41) is 19.1. The Morgan fingerprint density at radius 3 is 1.86 bits per heavy atom. The van der Waals surface area contributed by atoms with Crippen molar-refractivity contribution in [1.29, 1.82) is 5.26 Å². The van der Waals surface area contributed by atoms with Gasteiger partial charge in [0.25, 0.3) is 0 Å². The SMILES string of the molecule is N#Cc1cc(-n2c3ccccc3c3c4c5ccccc5sc4c4c(c5ccccc5n4-c4ccccc4)c32)ccc1-c1nc(-c2ccccc2)c2ccccc2n1. The van der Waals surface area contributed by atoms with Crippen LogP contribution in [0.25, 0.3) is 109 Å². The average molecular weight is 744 g/mol. The molecule has 5 nitrogen and oxygen atoms in total. The van der Waals surface area contributed by atoms with Crippen molar-refractivity contribution in [3.63, 3.8) is 0 Å². The number of para-hydroxylation sites is 4. The van der Waals surface area contributed by atoms with E-state index in [0.717, 1.165) is 50.1 Å². The highest BCUT2D eigenvalue weighted by Crippen LogP contribution is 2.51. The fourth-order valence-corrected chi connectivity index (χ4v) is 10.2. The van der Waals surface area contributed by atoms with Crippen LogP contribution in [0, 0.1) is 11.3 Å². The van der Waals surface area contributed by atoms with Gasteiger partial charge in [0.15, 0.2) is 5.82 Å². The van der Waals surface area contributed by atoms with Gasteiger partial charge in [-0.15, -0.1) is 11.3 Å². The molecule has 0 saturated heterocycles. The maximum absolute atomic E-state index is 10.9. The number of aromatic nitrogens is 4. The molecule has 8 aromatic carbocycles. The van der Waals surface area contributed by atoms with Crippen LogP contribution in [0.2, 0.25) is 0 Å². The fraction of sp³-hybridized carbons (Fsp3) is 0. The number of hydrogen-bond donors (Lipinski definition) is 0. The van der Waals surface area contributed by atoms with Gasteiger partial charge < -0.3 is 9.13 Å². The Morgan fingerprint density at radius 1 is 0.491 bits per heavy atom. The minimum atomic E-state index is 0.512. The largest absolute Gasteiger partial charge is 0.308 e.